The van der Waals surface area contributed by atoms with Gasteiger partial charge in [0.2, 0.25) is 0 Å². The highest BCUT2D eigenvalue weighted by Gasteiger charge is 2.30. The standard InChI is InChI=1S/C16H30O3/c1-5-9-12-16(8-4,13-10-6-2)19-15(17)18-14-11-7-3/h8H,4-7,9-14H2,1-3H3. The largest absolute Gasteiger partial charge is 0.509 e. The van der Waals surface area contributed by atoms with E-state index in [1.54, 1.807) is 6.08 Å². The second-order valence-corrected chi connectivity index (χ2v) is 5.03. The fourth-order valence-electron chi connectivity index (χ4n) is 1.92. The molecule has 0 saturated carbocycles. The Kier molecular flexibility index (Phi) is 10.3. The van der Waals surface area contributed by atoms with Crippen molar-refractivity contribution in [2.75, 3.05) is 6.61 Å². The van der Waals surface area contributed by atoms with Gasteiger partial charge in [0, 0.05) is 0 Å². The first-order chi connectivity index (χ1) is 9.14. The van der Waals surface area contributed by atoms with Crippen LogP contribution in [0.3, 0.4) is 0 Å². The lowest BCUT2D eigenvalue weighted by Gasteiger charge is -2.30. The molecule has 112 valence electrons. The van der Waals surface area contributed by atoms with Gasteiger partial charge in [-0.1, -0.05) is 46.6 Å². The zero-order chi connectivity index (χ0) is 14.6. The maximum absolute atomic E-state index is 11.7. The number of hydrogen-bond donors (Lipinski definition) is 0. The minimum absolute atomic E-state index is 0.435. The predicted octanol–water partition coefficient (Wildman–Crippen LogP) is 5.24. The van der Waals surface area contributed by atoms with Gasteiger partial charge < -0.3 is 9.47 Å². The average Bonchev–Trinajstić information content (AvgIpc) is 2.42. The first kappa shape index (κ1) is 18.0. The van der Waals surface area contributed by atoms with Gasteiger partial charge in [-0.2, -0.15) is 0 Å². The van der Waals surface area contributed by atoms with E-state index in [0.717, 1.165) is 51.4 Å². The molecule has 0 N–H and O–H groups in total. The van der Waals surface area contributed by atoms with Gasteiger partial charge in [0.05, 0.1) is 6.61 Å². The SMILES string of the molecule is C=CC(CCCC)(CCCC)OC(=O)OCCCC. The first-order valence-corrected chi connectivity index (χ1v) is 7.63. The lowest BCUT2D eigenvalue weighted by atomic mass is 9.91. The van der Waals surface area contributed by atoms with Gasteiger partial charge in [0.15, 0.2) is 0 Å². The summed E-state index contributed by atoms with van der Waals surface area (Å²) in [5.41, 5.74) is -0.546. The molecule has 0 rings (SSSR count). The van der Waals surface area contributed by atoms with Gasteiger partial charge in [-0.15, -0.1) is 0 Å². The normalized spacial score (nSPS) is 11.1. The summed E-state index contributed by atoms with van der Waals surface area (Å²) in [7, 11) is 0. The van der Waals surface area contributed by atoms with E-state index in [2.05, 4.69) is 27.4 Å². The van der Waals surface area contributed by atoms with Crippen LogP contribution in [-0.4, -0.2) is 18.4 Å². The molecule has 3 nitrogen and oxygen atoms in total. The average molecular weight is 270 g/mol. The Hall–Kier alpha value is -0.990. The van der Waals surface area contributed by atoms with Crippen LogP contribution in [0.15, 0.2) is 12.7 Å². The van der Waals surface area contributed by atoms with E-state index in [4.69, 9.17) is 9.47 Å². The molecule has 0 fully saturated rings. The van der Waals surface area contributed by atoms with Crippen LogP contribution in [0, 0.1) is 0 Å². The molecule has 0 aromatic heterocycles. The maximum Gasteiger partial charge on any atom is 0.509 e. The molecule has 0 amide bonds. The summed E-state index contributed by atoms with van der Waals surface area (Å²) >= 11 is 0. The molecule has 0 radical (unpaired) electrons. The highest BCUT2D eigenvalue weighted by molar-refractivity contribution is 5.60. The van der Waals surface area contributed by atoms with Crippen molar-refractivity contribution >= 4 is 6.16 Å². The van der Waals surface area contributed by atoms with Crippen LogP contribution in [0.1, 0.15) is 72.1 Å². The Bertz CT molecular complexity index is 240. The molecule has 19 heavy (non-hydrogen) atoms. The Morgan fingerprint density at radius 3 is 2.00 bits per heavy atom. The molecule has 0 heterocycles. The summed E-state index contributed by atoms with van der Waals surface area (Å²) in [5.74, 6) is 0. The second-order valence-electron chi connectivity index (χ2n) is 5.03. The predicted molar refractivity (Wildman–Crippen MR) is 79.3 cm³/mol. The second kappa shape index (κ2) is 10.9. The summed E-state index contributed by atoms with van der Waals surface area (Å²) in [6, 6.07) is 0. The molecule has 0 aliphatic carbocycles. The van der Waals surface area contributed by atoms with Gasteiger partial charge in [-0.05, 0) is 38.2 Å². The van der Waals surface area contributed by atoms with E-state index in [0.29, 0.717) is 6.61 Å². The van der Waals surface area contributed by atoms with E-state index in [-0.39, 0.29) is 0 Å². The van der Waals surface area contributed by atoms with Crippen LogP contribution in [0.25, 0.3) is 0 Å². The van der Waals surface area contributed by atoms with Crippen molar-refractivity contribution < 1.29 is 14.3 Å². The molecule has 0 aromatic carbocycles. The van der Waals surface area contributed by atoms with Gasteiger partial charge in [0.25, 0.3) is 0 Å². The number of ether oxygens (including phenoxy) is 2. The lowest BCUT2D eigenvalue weighted by Crippen LogP contribution is -2.33. The number of unbranched alkanes of at least 4 members (excludes halogenated alkanes) is 3. The number of carbonyl (C=O) groups is 1. The third kappa shape index (κ3) is 7.91. The van der Waals surface area contributed by atoms with Crippen LogP contribution in [0.5, 0.6) is 0 Å². The monoisotopic (exact) mass is 270 g/mol. The highest BCUT2D eigenvalue weighted by atomic mass is 16.7. The van der Waals surface area contributed by atoms with Crippen LogP contribution >= 0.6 is 0 Å². The Morgan fingerprint density at radius 1 is 1.05 bits per heavy atom. The molecular weight excluding hydrogens is 240 g/mol. The van der Waals surface area contributed by atoms with Crippen LogP contribution in [0.2, 0.25) is 0 Å². The smallest absolute Gasteiger partial charge is 0.434 e. The maximum atomic E-state index is 11.7. The molecule has 0 atom stereocenters. The molecular formula is C16H30O3. The van der Waals surface area contributed by atoms with Crippen molar-refractivity contribution in [1.82, 2.24) is 0 Å². The molecule has 3 heteroatoms. The minimum atomic E-state index is -0.555. The zero-order valence-electron chi connectivity index (χ0n) is 12.9. The van der Waals surface area contributed by atoms with Crippen molar-refractivity contribution in [3.05, 3.63) is 12.7 Å². The van der Waals surface area contributed by atoms with E-state index >= 15 is 0 Å². The summed E-state index contributed by atoms with van der Waals surface area (Å²) in [4.78, 5) is 11.7. The highest BCUT2D eigenvalue weighted by Crippen LogP contribution is 2.28. The minimum Gasteiger partial charge on any atom is -0.434 e. The Morgan fingerprint density at radius 2 is 1.58 bits per heavy atom. The molecule has 0 spiro atoms. The Balaban J connectivity index is 4.43. The summed E-state index contributed by atoms with van der Waals surface area (Å²) in [5, 5.41) is 0. The molecule has 0 aliphatic rings. The quantitative estimate of drug-likeness (QED) is 0.292. The zero-order valence-corrected chi connectivity index (χ0v) is 12.9. The first-order valence-electron chi connectivity index (χ1n) is 7.63. The van der Waals surface area contributed by atoms with Crippen molar-refractivity contribution in [3.8, 4) is 0 Å². The van der Waals surface area contributed by atoms with Crippen LogP contribution < -0.4 is 0 Å². The third-order valence-electron chi connectivity index (χ3n) is 3.28. The van der Waals surface area contributed by atoms with Gasteiger partial charge in [-0.25, -0.2) is 4.79 Å². The van der Waals surface area contributed by atoms with E-state index in [1.165, 1.54) is 0 Å². The van der Waals surface area contributed by atoms with Gasteiger partial charge in [-0.3, -0.25) is 0 Å². The lowest BCUT2D eigenvalue weighted by molar-refractivity contribution is -0.0206. The van der Waals surface area contributed by atoms with Crippen molar-refractivity contribution in [2.45, 2.75) is 77.7 Å². The van der Waals surface area contributed by atoms with Crippen molar-refractivity contribution in [1.29, 1.82) is 0 Å². The van der Waals surface area contributed by atoms with E-state index < -0.39 is 11.8 Å². The van der Waals surface area contributed by atoms with Crippen molar-refractivity contribution in [2.24, 2.45) is 0 Å². The fraction of sp³-hybridized carbons (Fsp3) is 0.812. The van der Waals surface area contributed by atoms with E-state index in [1.807, 2.05) is 0 Å². The summed E-state index contributed by atoms with van der Waals surface area (Å²) in [6.07, 6.45) is 8.97. The molecule has 0 aromatic rings. The molecule has 0 saturated heterocycles. The summed E-state index contributed by atoms with van der Waals surface area (Å²) < 4.78 is 10.6. The summed E-state index contributed by atoms with van der Waals surface area (Å²) in [6.45, 7) is 10.6. The van der Waals surface area contributed by atoms with Gasteiger partial charge in [0.1, 0.15) is 5.60 Å². The molecule has 0 aliphatic heterocycles. The topological polar surface area (TPSA) is 35.5 Å². The number of carbonyl (C=O) groups excluding carboxylic acids is 1. The number of hydrogen-bond acceptors (Lipinski definition) is 3. The number of rotatable bonds is 11. The van der Waals surface area contributed by atoms with Gasteiger partial charge >= 0.3 is 6.16 Å². The fourth-order valence-corrected chi connectivity index (χ4v) is 1.92. The van der Waals surface area contributed by atoms with Crippen LogP contribution in [-0.2, 0) is 9.47 Å². The van der Waals surface area contributed by atoms with E-state index in [9.17, 15) is 4.79 Å². The Labute approximate surface area is 118 Å². The van der Waals surface area contributed by atoms with Crippen molar-refractivity contribution in [3.63, 3.8) is 0 Å². The molecule has 0 unspecified atom stereocenters. The van der Waals surface area contributed by atoms with Crippen LogP contribution in [0.4, 0.5) is 4.79 Å². The molecule has 0 bridgehead atoms. The third-order valence-corrected chi connectivity index (χ3v) is 3.28.